The average molecular weight is 236 g/mol. The molecule has 4 heteroatoms. The molecule has 1 saturated heterocycles. The molecule has 1 unspecified atom stereocenters. The van der Waals surface area contributed by atoms with Crippen LogP contribution >= 0.6 is 0 Å². The van der Waals surface area contributed by atoms with Crippen LogP contribution < -0.4 is 5.32 Å². The molecule has 1 aromatic heterocycles. The van der Waals surface area contributed by atoms with Gasteiger partial charge in [0, 0.05) is 38.1 Å². The zero-order chi connectivity index (χ0) is 12.3. The molecule has 1 aliphatic rings. The summed E-state index contributed by atoms with van der Waals surface area (Å²) in [5, 5.41) is 3.30. The fraction of sp³-hybridized carbons (Fsp3) is 0.769. The first-order valence-corrected chi connectivity index (χ1v) is 6.69. The van der Waals surface area contributed by atoms with Gasteiger partial charge in [0.15, 0.2) is 0 Å². The molecule has 2 rings (SSSR count). The molecule has 0 amide bonds. The first-order valence-electron chi connectivity index (χ1n) is 6.69. The second kappa shape index (κ2) is 5.54. The number of anilines is 1. The van der Waals surface area contributed by atoms with Gasteiger partial charge in [-0.3, -0.25) is 0 Å². The molecule has 96 valence electrons. The number of rotatable bonds is 5. The molecule has 1 aromatic rings. The van der Waals surface area contributed by atoms with Gasteiger partial charge < -0.3 is 14.8 Å². The van der Waals surface area contributed by atoms with E-state index in [4.69, 9.17) is 0 Å². The number of nitrogens with zero attached hydrogens (tertiary/aromatic N) is 3. The van der Waals surface area contributed by atoms with Gasteiger partial charge in [0.2, 0.25) is 5.95 Å². The molecule has 0 saturated carbocycles. The Balaban J connectivity index is 1.91. The van der Waals surface area contributed by atoms with E-state index in [-0.39, 0.29) is 0 Å². The standard InChI is InChI=1S/C13H24N4/c1-4-14-13-15-6-8-17(13)10-12-5-7-16(9-12)11(2)3/h6,8,11-12H,4-5,7,9-10H2,1-3H3,(H,14,15). The van der Waals surface area contributed by atoms with Crippen LogP contribution in [0.5, 0.6) is 0 Å². The molecule has 0 bridgehead atoms. The number of hydrogen-bond donors (Lipinski definition) is 1. The SMILES string of the molecule is CCNc1nccn1CC1CCN(C(C)C)C1. The molecule has 17 heavy (non-hydrogen) atoms. The van der Waals surface area contributed by atoms with Crippen LogP contribution in [-0.4, -0.2) is 40.1 Å². The highest BCUT2D eigenvalue weighted by molar-refractivity contribution is 5.25. The van der Waals surface area contributed by atoms with E-state index < -0.39 is 0 Å². The zero-order valence-corrected chi connectivity index (χ0v) is 11.2. The van der Waals surface area contributed by atoms with E-state index in [0.717, 1.165) is 25.0 Å². The summed E-state index contributed by atoms with van der Waals surface area (Å²) < 4.78 is 2.25. The van der Waals surface area contributed by atoms with Crippen molar-refractivity contribution in [2.75, 3.05) is 25.0 Å². The third-order valence-electron chi connectivity index (χ3n) is 3.55. The van der Waals surface area contributed by atoms with Gasteiger partial charge in [0.05, 0.1) is 0 Å². The maximum absolute atomic E-state index is 4.34. The van der Waals surface area contributed by atoms with Gasteiger partial charge in [-0.05, 0) is 39.7 Å². The van der Waals surface area contributed by atoms with Crippen molar-refractivity contribution in [2.45, 2.75) is 39.8 Å². The topological polar surface area (TPSA) is 33.1 Å². The van der Waals surface area contributed by atoms with Gasteiger partial charge in [-0.15, -0.1) is 0 Å². The van der Waals surface area contributed by atoms with Crippen LogP contribution in [0, 0.1) is 5.92 Å². The fourth-order valence-electron chi connectivity index (χ4n) is 2.54. The van der Waals surface area contributed by atoms with Crippen molar-refractivity contribution in [2.24, 2.45) is 5.92 Å². The maximum Gasteiger partial charge on any atom is 0.202 e. The lowest BCUT2D eigenvalue weighted by molar-refractivity contribution is 0.261. The van der Waals surface area contributed by atoms with E-state index in [1.807, 2.05) is 6.20 Å². The molecular weight excluding hydrogens is 212 g/mol. The van der Waals surface area contributed by atoms with Crippen LogP contribution in [0.25, 0.3) is 0 Å². The molecule has 0 aromatic carbocycles. The third-order valence-corrected chi connectivity index (χ3v) is 3.55. The molecule has 1 atom stereocenters. The lowest BCUT2D eigenvalue weighted by atomic mass is 10.1. The molecule has 0 aliphatic carbocycles. The van der Waals surface area contributed by atoms with E-state index >= 15 is 0 Å². The van der Waals surface area contributed by atoms with E-state index in [0.29, 0.717) is 6.04 Å². The molecule has 4 nitrogen and oxygen atoms in total. The predicted molar refractivity (Wildman–Crippen MR) is 71.2 cm³/mol. The van der Waals surface area contributed by atoms with Crippen molar-refractivity contribution in [3.05, 3.63) is 12.4 Å². The summed E-state index contributed by atoms with van der Waals surface area (Å²) in [6, 6.07) is 0.677. The quantitative estimate of drug-likeness (QED) is 0.849. The Labute approximate surface area is 104 Å². The second-order valence-corrected chi connectivity index (χ2v) is 5.18. The Morgan fingerprint density at radius 1 is 1.53 bits per heavy atom. The monoisotopic (exact) mass is 236 g/mol. The van der Waals surface area contributed by atoms with Gasteiger partial charge in [0.1, 0.15) is 0 Å². The van der Waals surface area contributed by atoms with Crippen LogP contribution in [0.15, 0.2) is 12.4 Å². The molecule has 1 aliphatic heterocycles. The average Bonchev–Trinajstić information content (AvgIpc) is 2.90. The molecule has 0 spiro atoms. The zero-order valence-electron chi connectivity index (χ0n) is 11.2. The number of imidazole rings is 1. The Bertz CT molecular complexity index is 345. The first-order chi connectivity index (χ1) is 8.20. The van der Waals surface area contributed by atoms with Gasteiger partial charge in [0.25, 0.3) is 0 Å². The smallest absolute Gasteiger partial charge is 0.202 e. The normalized spacial score (nSPS) is 21.3. The summed E-state index contributed by atoms with van der Waals surface area (Å²) in [5.41, 5.74) is 0. The van der Waals surface area contributed by atoms with Crippen LogP contribution in [0.1, 0.15) is 27.2 Å². The molecular formula is C13H24N4. The van der Waals surface area contributed by atoms with E-state index in [1.54, 1.807) is 0 Å². The molecule has 1 fully saturated rings. The highest BCUT2D eigenvalue weighted by Gasteiger charge is 2.24. The van der Waals surface area contributed by atoms with E-state index in [1.165, 1.54) is 19.5 Å². The highest BCUT2D eigenvalue weighted by atomic mass is 15.2. The molecule has 0 radical (unpaired) electrons. The third kappa shape index (κ3) is 3.00. The number of nitrogens with one attached hydrogen (secondary N) is 1. The van der Waals surface area contributed by atoms with Crippen molar-refractivity contribution < 1.29 is 0 Å². The van der Waals surface area contributed by atoms with Gasteiger partial charge >= 0.3 is 0 Å². The van der Waals surface area contributed by atoms with Crippen molar-refractivity contribution in [3.63, 3.8) is 0 Å². The minimum atomic E-state index is 0.677. The second-order valence-electron chi connectivity index (χ2n) is 5.18. The number of aromatic nitrogens is 2. The fourth-order valence-corrected chi connectivity index (χ4v) is 2.54. The van der Waals surface area contributed by atoms with Crippen molar-refractivity contribution in [1.29, 1.82) is 0 Å². The molecule has 1 N–H and O–H groups in total. The van der Waals surface area contributed by atoms with Crippen LogP contribution in [0.3, 0.4) is 0 Å². The van der Waals surface area contributed by atoms with E-state index in [2.05, 4.69) is 46.7 Å². The van der Waals surface area contributed by atoms with Crippen LogP contribution in [-0.2, 0) is 6.54 Å². The van der Waals surface area contributed by atoms with Crippen molar-refractivity contribution in [3.8, 4) is 0 Å². The lowest BCUT2D eigenvalue weighted by Gasteiger charge is -2.20. The summed E-state index contributed by atoms with van der Waals surface area (Å²) in [5.74, 6) is 1.78. The summed E-state index contributed by atoms with van der Waals surface area (Å²) in [4.78, 5) is 6.90. The lowest BCUT2D eigenvalue weighted by Crippen LogP contribution is -2.28. The first kappa shape index (κ1) is 12.4. The number of hydrogen-bond acceptors (Lipinski definition) is 3. The predicted octanol–water partition coefficient (Wildman–Crippen LogP) is 2.05. The van der Waals surface area contributed by atoms with Gasteiger partial charge in [-0.1, -0.05) is 0 Å². The highest BCUT2D eigenvalue weighted by Crippen LogP contribution is 2.21. The van der Waals surface area contributed by atoms with Crippen LogP contribution in [0.4, 0.5) is 5.95 Å². The van der Waals surface area contributed by atoms with Crippen molar-refractivity contribution in [1.82, 2.24) is 14.5 Å². The summed E-state index contributed by atoms with van der Waals surface area (Å²) in [7, 11) is 0. The Kier molecular flexibility index (Phi) is 4.05. The van der Waals surface area contributed by atoms with Gasteiger partial charge in [-0.25, -0.2) is 4.98 Å². The number of likely N-dealkylation sites (tertiary alicyclic amines) is 1. The Morgan fingerprint density at radius 3 is 3.00 bits per heavy atom. The van der Waals surface area contributed by atoms with E-state index in [9.17, 15) is 0 Å². The van der Waals surface area contributed by atoms with Crippen LogP contribution in [0.2, 0.25) is 0 Å². The summed E-state index contributed by atoms with van der Waals surface area (Å²) >= 11 is 0. The Hall–Kier alpha value is -1.03. The largest absolute Gasteiger partial charge is 0.356 e. The Morgan fingerprint density at radius 2 is 2.35 bits per heavy atom. The maximum atomic E-state index is 4.34. The minimum Gasteiger partial charge on any atom is -0.356 e. The minimum absolute atomic E-state index is 0.677. The van der Waals surface area contributed by atoms with Gasteiger partial charge in [-0.2, -0.15) is 0 Å². The summed E-state index contributed by atoms with van der Waals surface area (Å²) in [6.07, 6.45) is 5.27. The van der Waals surface area contributed by atoms with Crippen molar-refractivity contribution >= 4 is 5.95 Å². The summed E-state index contributed by atoms with van der Waals surface area (Å²) in [6.45, 7) is 11.2. The molecule has 2 heterocycles.